The average Bonchev–Trinajstić information content (AvgIpc) is 3.08. The van der Waals surface area contributed by atoms with E-state index in [1.807, 2.05) is 43.3 Å². The lowest BCUT2D eigenvalue weighted by molar-refractivity contribution is -0.129. The van der Waals surface area contributed by atoms with Gasteiger partial charge < -0.3 is 19.7 Å². The first kappa shape index (κ1) is 17.8. The molecule has 1 N–H and O–H groups in total. The lowest BCUT2D eigenvalue weighted by Crippen LogP contribution is -2.37. The SMILES string of the molecule is CC(=O)N(CCNC(=O)c1ccccc1C)Cc1ccc2c(c1)OCO2. The summed E-state index contributed by atoms with van der Waals surface area (Å²) in [6.07, 6.45) is 0. The van der Waals surface area contributed by atoms with Crippen LogP contribution in [0.25, 0.3) is 0 Å². The van der Waals surface area contributed by atoms with Crippen molar-refractivity contribution in [2.75, 3.05) is 19.9 Å². The summed E-state index contributed by atoms with van der Waals surface area (Å²) >= 11 is 0. The van der Waals surface area contributed by atoms with Crippen LogP contribution in [0.15, 0.2) is 42.5 Å². The van der Waals surface area contributed by atoms with E-state index in [9.17, 15) is 9.59 Å². The Labute approximate surface area is 152 Å². The number of amides is 2. The number of benzene rings is 2. The first-order valence-corrected chi connectivity index (χ1v) is 8.52. The van der Waals surface area contributed by atoms with Gasteiger partial charge in [0.25, 0.3) is 5.91 Å². The lowest BCUT2D eigenvalue weighted by atomic mass is 10.1. The highest BCUT2D eigenvalue weighted by Gasteiger charge is 2.16. The fourth-order valence-corrected chi connectivity index (χ4v) is 2.83. The topological polar surface area (TPSA) is 67.9 Å². The van der Waals surface area contributed by atoms with Crippen molar-refractivity contribution in [2.24, 2.45) is 0 Å². The third kappa shape index (κ3) is 4.14. The highest BCUT2D eigenvalue weighted by molar-refractivity contribution is 5.95. The zero-order valence-corrected chi connectivity index (χ0v) is 15.0. The van der Waals surface area contributed by atoms with E-state index in [0.717, 1.165) is 11.1 Å². The summed E-state index contributed by atoms with van der Waals surface area (Å²) in [4.78, 5) is 25.9. The van der Waals surface area contributed by atoms with E-state index in [1.54, 1.807) is 11.0 Å². The van der Waals surface area contributed by atoms with E-state index in [1.165, 1.54) is 6.92 Å². The summed E-state index contributed by atoms with van der Waals surface area (Å²) in [6, 6.07) is 13.1. The summed E-state index contributed by atoms with van der Waals surface area (Å²) in [5.41, 5.74) is 2.53. The lowest BCUT2D eigenvalue weighted by Gasteiger charge is -2.21. The van der Waals surface area contributed by atoms with Crippen LogP contribution in [-0.4, -0.2) is 36.6 Å². The molecule has 0 unspecified atom stereocenters. The van der Waals surface area contributed by atoms with Gasteiger partial charge in [-0.05, 0) is 36.2 Å². The summed E-state index contributed by atoms with van der Waals surface area (Å²) in [6.45, 7) is 4.91. The van der Waals surface area contributed by atoms with Crippen molar-refractivity contribution in [1.82, 2.24) is 10.2 Å². The van der Waals surface area contributed by atoms with Crippen LogP contribution in [0, 0.1) is 6.92 Å². The molecule has 0 saturated carbocycles. The summed E-state index contributed by atoms with van der Waals surface area (Å²) in [5.74, 6) is 1.23. The highest BCUT2D eigenvalue weighted by atomic mass is 16.7. The second-order valence-electron chi connectivity index (χ2n) is 6.20. The minimum absolute atomic E-state index is 0.0483. The second kappa shape index (κ2) is 7.91. The van der Waals surface area contributed by atoms with Crippen molar-refractivity contribution in [3.63, 3.8) is 0 Å². The monoisotopic (exact) mass is 354 g/mol. The van der Waals surface area contributed by atoms with E-state index in [0.29, 0.717) is 36.7 Å². The molecule has 1 heterocycles. The maximum Gasteiger partial charge on any atom is 0.251 e. The molecule has 0 radical (unpaired) electrons. The molecule has 0 atom stereocenters. The number of fused-ring (bicyclic) bond motifs is 1. The number of hydrogen-bond donors (Lipinski definition) is 1. The molecule has 3 rings (SSSR count). The summed E-state index contributed by atoms with van der Waals surface area (Å²) < 4.78 is 10.7. The number of aryl methyl sites for hydroxylation is 1. The number of nitrogens with zero attached hydrogens (tertiary/aromatic N) is 1. The molecule has 0 spiro atoms. The van der Waals surface area contributed by atoms with Crippen molar-refractivity contribution in [3.8, 4) is 11.5 Å². The first-order valence-electron chi connectivity index (χ1n) is 8.52. The fraction of sp³-hybridized carbons (Fsp3) is 0.300. The van der Waals surface area contributed by atoms with Gasteiger partial charge >= 0.3 is 0 Å². The van der Waals surface area contributed by atoms with Crippen LogP contribution in [0.5, 0.6) is 11.5 Å². The van der Waals surface area contributed by atoms with Crippen LogP contribution >= 0.6 is 0 Å². The molecule has 2 aromatic rings. The molecule has 0 aliphatic carbocycles. The Kier molecular flexibility index (Phi) is 5.41. The Morgan fingerprint density at radius 2 is 1.88 bits per heavy atom. The summed E-state index contributed by atoms with van der Waals surface area (Å²) in [7, 11) is 0. The van der Waals surface area contributed by atoms with Crippen molar-refractivity contribution in [1.29, 1.82) is 0 Å². The fourth-order valence-electron chi connectivity index (χ4n) is 2.83. The largest absolute Gasteiger partial charge is 0.454 e. The zero-order valence-electron chi connectivity index (χ0n) is 15.0. The molecule has 0 bridgehead atoms. The van der Waals surface area contributed by atoms with Crippen molar-refractivity contribution >= 4 is 11.8 Å². The molecule has 0 saturated heterocycles. The number of ether oxygens (including phenoxy) is 2. The molecule has 2 aromatic carbocycles. The van der Waals surface area contributed by atoms with Crippen molar-refractivity contribution in [3.05, 3.63) is 59.2 Å². The van der Waals surface area contributed by atoms with E-state index >= 15 is 0 Å². The van der Waals surface area contributed by atoms with E-state index < -0.39 is 0 Å². The highest BCUT2D eigenvalue weighted by Crippen LogP contribution is 2.32. The molecule has 6 heteroatoms. The normalized spacial score (nSPS) is 11.9. The Balaban J connectivity index is 1.56. The van der Waals surface area contributed by atoms with Crippen LogP contribution in [0.4, 0.5) is 0 Å². The van der Waals surface area contributed by atoms with Gasteiger partial charge in [-0.25, -0.2) is 0 Å². The first-order chi connectivity index (χ1) is 12.5. The van der Waals surface area contributed by atoms with E-state index in [-0.39, 0.29) is 18.6 Å². The predicted octanol–water partition coefficient (Wildman–Crippen LogP) is 2.50. The van der Waals surface area contributed by atoms with Gasteiger partial charge in [0.15, 0.2) is 11.5 Å². The molecule has 6 nitrogen and oxygen atoms in total. The summed E-state index contributed by atoms with van der Waals surface area (Å²) in [5, 5.41) is 2.88. The minimum Gasteiger partial charge on any atom is -0.454 e. The van der Waals surface area contributed by atoms with Gasteiger partial charge in [0.2, 0.25) is 12.7 Å². The van der Waals surface area contributed by atoms with Crippen LogP contribution in [0.2, 0.25) is 0 Å². The maximum absolute atomic E-state index is 12.3. The number of carbonyl (C=O) groups is 2. The molecular weight excluding hydrogens is 332 g/mol. The number of carbonyl (C=O) groups excluding carboxylic acids is 2. The standard InChI is InChI=1S/C20H22N2O4/c1-14-5-3-4-6-17(14)20(24)21-9-10-22(15(2)23)12-16-7-8-18-19(11-16)26-13-25-18/h3-8,11H,9-10,12-13H2,1-2H3,(H,21,24). The Morgan fingerprint density at radius 3 is 2.65 bits per heavy atom. The predicted molar refractivity (Wildman–Crippen MR) is 97.2 cm³/mol. The van der Waals surface area contributed by atoms with E-state index in [4.69, 9.17) is 9.47 Å². The molecule has 1 aliphatic rings. The van der Waals surface area contributed by atoms with Gasteiger partial charge in [0.1, 0.15) is 0 Å². The third-order valence-corrected chi connectivity index (χ3v) is 4.31. The van der Waals surface area contributed by atoms with Crippen LogP contribution in [0.3, 0.4) is 0 Å². The minimum atomic E-state index is -0.130. The van der Waals surface area contributed by atoms with Crippen molar-refractivity contribution < 1.29 is 19.1 Å². The quantitative estimate of drug-likeness (QED) is 0.865. The number of hydrogen-bond acceptors (Lipinski definition) is 4. The van der Waals surface area contributed by atoms with Gasteiger partial charge in [-0.15, -0.1) is 0 Å². The third-order valence-electron chi connectivity index (χ3n) is 4.31. The number of nitrogens with one attached hydrogen (secondary N) is 1. The van der Waals surface area contributed by atoms with Gasteiger partial charge in [-0.1, -0.05) is 24.3 Å². The van der Waals surface area contributed by atoms with Crippen LogP contribution < -0.4 is 14.8 Å². The maximum atomic E-state index is 12.3. The smallest absolute Gasteiger partial charge is 0.251 e. The Hall–Kier alpha value is -3.02. The van der Waals surface area contributed by atoms with Crippen LogP contribution in [0.1, 0.15) is 28.4 Å². The average molecular weight is 354 g/mol. The van der Waals surface area contributed by atoms with Gasteiger partial charge in [-0.2, -0.15) is 0 Å². The van der Waals surface area contributed by atoms with Crippen LogP contribution in [-0.2, 0) is 11.3 Å². The van der Waals surface area contributed by atoms with Gasteiger partial charge in [0, 0.05) is 32.1 Å². The van der Waals surface area contributed by atoms with Gasteiger partial charge in [0.05, 0.1) is 0 Å². The van der Waals surface area contributed by atoms with E-state index in [2.05, 4.69) is 5.32 Å². The number of rotatable bonds is 6. The molecule has 1 aliphatic heterocycles. The zero-order chi connectivity index (χ0) is 18.5. The molecule has 2 amide bonds. The van der Waals surface area contributed by atoms with Gasteiger partial charge in [-0.3, -0.25) is 9.59 Å². The molecular formula is C20H22N2O4. The molecule has 0 fully saturated rings. The molecule has 136 valence electrons. The molecule has 0 aromatic heterocycles. The molecule has 26 heavy (non-hydrogen) atoms. The Morgan fingerprint density at radius 1 is 1.12 bits per heavy atom. The van der Waals surface area contributed by atoms with Crippen molar-refractivity contribution in [2.45, 2.75) is 20.4 Å². The second-order valence-corrected chi connectivity index (χ2v) is 6.20. The Bertz CT molecular complexity index is 819.